The fourth-order valence-electron chi connectivity index (χ4n) is 4.36. The summed E-state index contributed by atoms with van der Waals surface area (Å²) in [4.78, 5) is 44.5. The lowest BCUT2D eigenvalue weighted by Gasteiger charge is -2.40. The Kier molecular flexibility index (Phi) is 6.85. The molecule has 10 heteroatoms. The molecule has 1 atom stereocenters. The van der Waals surface area contributed by atoms with Crippen molar-refractivity contribution in [1.82, 2.24) is 24.1 Å². The number of hydrogen-bond acceptors (Lipinski definition) is 5. The first-order chi connectivity index (χ1) is 15.9. The van der Waals surface area contributed by atoms with Crippen LogP contribution in [0.4, 0.5) is 10.5 Å². The Morgan fingerprint density at radius 3 is 2.21 bits per heavy atom. The summed E-state index contributed by atoms with van der Waals surface area (Å²) in [5, 5.41) is 2.85. The van der Waals surface area contributed by atoms with Crippen molar-refractivity contribution in [2.75, 3.05) is 57.8 Å². The van der Waals surface area contributed by atoms with E-state index in [4.69, 9.17) is 4.74 Å². The fraction of sp³-hybridized carbons (Fsp3) is 0.522. The van der Waals surface area contributed by atoms with Gasteiger partial charge in [-0.2, -0.15) is 0 Å². The smallest absolute Gasteiger partial charge is 0.320 e. The summed E-state index contributed by atoms with van der Waals surface area (Å²) >= 11 is 0. The molecule has 2 saturated heterocycles. The van der Waals surface area contributed by atoms with Crippen molar-refractivity contribution < 1.29 is 14.3 Å². The molecule has 2 aromatic rings. The number of urea groups is 1. The van der Waals surface area contributed by atoms with E-state index in [0.717, 1.165) is 5.69 Å². The molecular weight excluding hydrogens is 424 g/mol. The Hall–Kier alpha value is -3.11. The van der Waals surface area contributed by atoms with Gasteiger partial charge in [0.25, 0.3) is 5.56 Å². The number of para-hydroxylation sites is 1. The van der Waals surface area contributed by atoms with Gasteiger partial charge in [-0.3, -0.25) is 19.2 Å². The molecule has 33 heavy (non-hydrogen) atoms. The molecule has 3 amide bonds. The molecule has 3 heterocycles. The van der Waals surface area contributed by atoms with Crippen LogP contribution in [0, 0.1) is 6.92 Å². The van der Waals surface area contributed by atoms with Gasteiger partial charge in [0, 0.05) is 46.3 Å². The Morgan fingerprint density at radius 1 is 0.970 bits per heavy atom. The molecule has 0 spiro atoms. The number of carbonyl (C=O) groups excluding carboxylic acids is 2. The zero-order valence-corrected chi connectivity index (χ0v) is 19.5. The standard InChI is InChI=1S/C23H32N6O4/c1-17-20(22(31)29(25(17)3)19-7-5-4-6-8-19)24-21(30)18(2)26-9-11-27(12-10-26)23(32)28-13-15-33-16-14-28/h4-8,18H,9-16H2,1-3H3,(H,24,30)/t18-/m1/s1. The highest BCUT2D eigenvalue weighted by Gasteiger charge is 2.31. The molecule has 2 fully saturated rings. The average molecular weight is 457 g/mol. The van der Waals surface area contributed by atoms with Crippen molar-refractivity contribution in [3.05, 3.63) is 46.4 Å². The Balaban J connectivity index is 1.39. The Labute approximate surface area is 193 Å². The molecular formula is C23H32N6O4. The zero-order valence-electron chi connectivity index (χ0n) is 19.5. The average Bonchev–Trinajstić information content (AvgIpc) is 3.07. The lowest BCUT2D eigenvalue weighted by atomic mass is 10.2. The number of nitrogens with zero attached hydrogens (tertiary/aromatic N) is 5. The number of amides is 3. The van der Waals surface area contributed by atoms with E-state index >= 15 is 0 Å². The fourth-order valence-corrected chi connectivity index (χ4v) is 4.36. The van der Waals surface area contributed by atoms with Gasteiger partial charge in [-0.25, -0.2) is 9.48 Å². The minimum Gasteiger partial charge on any atom is -0.378 e. The highest BCUT2D eigenvalue weighted by atomic mass is 16.5. The molecule has 1 aromatic carbocycles. The van der Waals surface area contributed by atoms with Crippen LogP contribution in [0.5, 0.6) is 0 Å². The molecule has 0 bridgehead atoms. The monoisotopic (exact) mass is 456 g/mol. The quantitative estimate of drug-likeness (QED) is 0.738. The molecule has 0 unspecified atom stereocenters. The number of anilines is 1. The normalized spacial score (nSPS) is 18.3. The van der Waals surface area contributed by atoms with E-state index in [1.807, 2.05) is 58.9 Å². The summed E-state index contributed by atoms with van der Waals surface area (Å²) in [5.74, 6) is -0.228. The lowest BCUT2D eigenvalue weighted by Crippen LogP contribution is -2.57. The number of carbonyl (C=O) groups is 2. The van der Waals surface area contributed by atoms with Crippen LogP contribution in [0.15, 0.2) is 35.1 Å². The van der Waals surface area contributed by atoms with Crippen LogP contribution in [-0.2, 0) is 16.6 Å². The van der Waals surface area contributed by atoms with Gasteiger partial charge >= 0.3 is 6.03 Å². The van der Waals surface area contributed by atoms with E-state index in [-0.39, 0.29) is 17.5 Å². The second-order valence-corrected chi connectivity index (χ2v) is 8.51. The van der Waals surface area contributed by atoms with Crippen molar-refractivity contribution in [1.29, 1.82) is 0 Å². The molecule has 0 saturated carbocycles. The van der Waals surface area contributed by atoms with Crippen LogP contribution in [0.25, 0.3) is 5.69 Å². The second-order valence-electron chi connectivity index (χ2n) is 8.51. The predicted octanol–water partition coefficient (Wildman–Crippen LogP) is 0.881. The molecule has 178 valence electrons. The van der Waals surface area contributed by atoms with Crippen LogP contribution in [0.1, 0.15) is 12.6 Å². The SMILES string of the molecule is Cc1c(NC(=O)[C@@H](C)N2CCN(C(=O)N3CCOCC3)CC2)c(=O)n(-c2ccccc2)n1C. The van der Waals surface area contributed by atoms with Gasteiger partial charge in [-0.1, -0.05) is 18.2 Å². The van der Waals surface area contributed by atoms with E-state index in [2.05, 4.69) is 5.32 Å². The Bertz CT molecular complexity index is 1050. The molecule has 1 aromatic heterocycles. The second kappa shape index (κ2) is 9.80. The molecule has 1 N–H and O–H groups in total. The number of aromatic nitrogens is 2. The first-order valence-corrected chi connectivity index (χ1v) is 11.4. The third-order valence-corrected chi connectivity index (χ3v) is 6.60. The molecule has 0 aliphatic carbocycles. The van der Waals surface area contributed by atoms with Crippen molar-refractivity contribution >= 4 is 17.6 Å². The number of piperazine rings is 1. The minimum atomic E-state index is -0.421. The number of benzene rings is 1. The van der Waals surface area contributed by atoms with Crippen molar-refractivity contribution in [2.24, 2.45) is 7.05 Å². The summed E-state index contributed by atoms with van der Waals surface area (Å²) in [6, 6.07) is 8.95. The van der Waals surface area contributed by atoms with Crippen LogP contribution in [0.2, 0.25) is 0 Å². The van der Waals surface area contributed by atoms with Gasteiger partial charge in [0.05, 0.1) is 30.6 Å². The summed E-state index contributed by atoms with van der Waals surface area (Å²) in [6.45, 7) is 8.39. The zero-order chi connectivity index (χ0) is 23.5. The first kappa shape index (κ1) is 23.1. The van der Waals surface area contributed by atoms with Crippen LogP contribution in [-0.4, -0.2) is 94.5 Å². The number of hydrogen-bond donors (Lipinski definition) is 1. The summed E-state index contributed by atoms with van der Waals surface area (Å²) in [6.07, 6.45) is 0. The third kappa shape index (κ3) is 4.67. The van der Waals surface area contributed by atoms with Gasteiger partial charge in [-0.15, -0.1) is 0 Å². The molecule has 2 aliphatic heterocycles. The third-order valence-electron chi connectivity index (χ3n) is 6.60. The summed E-state index contributed by atoms with van der Waals surface area (Å²) < 4.78 is 8.61. The lowest BCUT2D eigenvalue weighted by molar-refractivity contribution is -0.121. The summed E-state index contributed by atoms with van der Waals surface area (Å²) in [7, 11) is 1.80. The van der Waals surface area contributed by atoms with E-state index < -0.39 is 6.04 Å². The molecule has 10 nitrogen and oxygen atoms in total. The molecule has 0 radical (unpaired) electrons. The van der Waals surface area contributed by atoms with E-state index in [1.165, 1.54) is 0 Å². The molecule has 4 rings (SSSR count). The predicted molar refractivity (Wildman–Crippen MR) is 125 cm³/mol. The van der Waals surface area contributed by atoms with Crippen molar-refractivity contribution in [3.63, 3.8) is 0 Å². The summed E-state index contributed by atoms with van der Waals surface area (Å²) in [5.41, 5.74) is 1.45. The van der Waals surface area contributed by atoms with Gasteiger partial charge in [0.2, 0.25) is 5.91 Å². The van der Waals surface area contributed by atoms with Crippen molar-refractivity contribution in [3.8, 4) is 5.69 Å². The van der Waals surface area contributed by atoms with Gasteiger partial charge in [-0.05, 0) is 26.0 Å². The first-order valence-electron chi connectivity index (χ1n) is 11.4. The topological polar surface area (TPSA) is 92.1 Å². The van der Waals surface area contributed by atoms with Crippen molar-refractivity contribution in [2.45, 2.75) is 19.9 Å². The Morgan fingerprint density at radius 2 is 1.58 bits per heavy atom. The maximum atomic E-state index is 13.1. The largest absolute Gasteiger partial charge is 0.378 e. The van der Waals surface area contributed by atoms with E-state index in [0.29, 0.717) is 63.9 Å². The highest BCUT2D eigenvalue weighted by Crippen LogP contribution is 2.16. The number of morpholine rings is 1. The maximum absolute atomic E-state index is 13.1. The number of ether oxygens (including phenoxy) is 1. The van der Waals surface area contributed by atoms with Crippen LogP contribution >= 0.6 is 0 Å². The van der Waals surface area contributed by atoms with E-state index in [1.54, 1.807) is 16.4 Å². The van der Waals surface area contributed by atoms with Gasteiger partial charge in [0.1, 0.15) is 5.69 Å². The number of nitrogens with one attached hydrogen (secondary N) is 1. The van der Waals surface area contributed by atoms with E-state index in [9.17, 15) is 14.4 Å². The van der Waals surface area contributed by atoms with Crippen LogP contribution < -0.4 is 10.9 Å². The highest BCUT2D eigenvalue weighted by molar-refractivity contribution is 5.95. The molecule has 2 aliphatic rings. The van der Waals surface area contributed by atoms with Gasteiger partial charge < -0.3 is 19.9 Å². The minimum absolute atomic E-state index is 0.0384. The number of rotatable bonds is 4. The maximum Gasteiger partial charge on any atom is 0.320 e. The van der Waals surface area contributed by atoms with Gasteiger partial charge in [0.15, 0.2) is 0 Å². The van der Waals surface area contributed by atoms with Crippen LogP contribution in [0.3, 0.4) is 0 Å².